The van der Waals surface area contributed by atoms with Crippen molar-refractivity contribution in [2.45, 2.75) is 11.8 Å². The van der Waals surface area contributed by atoms with Gasteiger partial charge in [0.2, 0.25) is 0 Å². The molecule has 4 N–H and O–H groups in total. The number of hydrogen-bond donors (Lipinski definition) is 4. The zero-order valence-corrected chi connectivity index (χ0v) is 15.4. The van der Waals surface area contributed by atoms with E-state index in [0.29, 0.717) is 18.0 Å². The number of sulfonamides is 1. The number of methoxy groups -OCH3 is 1. The van der Waals surface area contributed by atoms with Crippen LogP contribution in [0.2, 0.25) is 0 Å². The molecule has 25 heavy (non-hydrogen) atoms. The smallest absolute Gasteiger partial charge is 0.261 e. The van der Waals surface area contributed by atoms with Gasteiger partial charge in [-0.1, -0.05) is 0 Å². The molecule has 0 aromatic heterocycles. The van der Waals surface area contributed by atoms with E-state index in [4.69, 9.17) is 17.0 Å². The van der Waals surface area contributed by atoms with Gasteiger partial charge in [0.25, 0.3) is 10.0 Å². The van der Waals surface area contributed by atoms with Crippen LogP contribution < -0.4 is 20.1 Å². The predicted molar refractivity (Wildman–Crippen MR) is 102 cm³/mol. The first-order chi connectivity index (χ1) is 11.9. The first kappa shape index (κ1) is 18.8. The minimum Gasteiger partial charge on any atom is -0.506 e. The number of anilines is 2. The van der Waals surface area contributed by atoms with Crippen LogP contribution in [0.5, 0.6) is 11.5 Å². The highest BCUT2D eigenvalue weighted by atomic mass is 32.2. The molecule has 0 heterocycles. The molecule has 0 amide bonds. The molecule has 0 aliphatic rings. The molecule has 0 spiro atoms. The van der Waals surface area contributed by atoms with Crippen LogP contribution in [0.25, 0.3) is 0 Å². The van der Waals surface area contributed by atoms with Crippen molar-refractivity contribution < 1.29 is 18.3 Å². The van der Waals surface area contributed by atoms with Crippen LogP contribution in [0.3, 0.4) is 0 Å². The number of phenolic OH excluding ortho intramolecular Hbond substituents is 1. The summed E-state index contributed by atoms with van der Waals surface area (Å²) >= 11 is 5.05. The molecule has 134 valence electrons. The van der Waals surface area contributed by atoms with Crippen molar-refractivity contribution in [2.75, 3.05) is 23.7 Å². The van der Waals surface area contributed by atoms with Gasteiger partial charge in [-0.25, -0.2) is 8.42 Å². The van der Waals surface area contributed by atoms with E-state index in [9.17, 15) is 13.5 Å². The average Bonchev–Trinajstić information content (AvgIpc) is 2.57. The molecule has 9 heteroatoms. The summed E-state index contributed by atoms with van der Waals surface area (Å²) in [4.78, 5) is -0.0112. The van der Waals surface area contributed by atoms with E-state index in [2.05, 4.69) is 15.4 Å². The summed E-state index contributed by atoms with van der Waals surface area (Å²) in [6.07, 6.45) is 0. The summed E-state index contributed by atoms with van der Waals surface area (Å²) in [7, 11) is -2.30. The van der Waals surface area contributed by atoms with Crippen molar-refractivity contribution in [3.8, 4) is 11.5 Å². The molecule has 7 nitrogen and oxygen atoms in total. The van der Waals surface area contributed by atoms with Crippen LogP contribution >= 0.6 is 12.2 Å². The maximum Gasteiger partial charge on any atom is 0.261 e. The van der Waals surface area contributed by atoms with E-state index in [-0.39, 0.29) is 21.4 Å². The molecule has 0 aliphatic carbocycles. The number of ether oxygens (including phenoxy) is 1. The Morgan fingerprint density at radius 1 is 1.20 bits per heavy atom. The van der Waals surface area contributed by atoms with E-state index in [1.807, 2.05) is 6.92 Å². The van der Waals surface area contributed by atoms with Crippen LogP contribution in [0.15, 0.2) is 47.4 Å². The molecule has 2 rings (SSSR count). The zero-order valence-electron chi connectivity index (χ0n) is 13.7. The normalized spacial score (nSPS) is 10.8. The van der Waals surface area contributed by atoms with E-state index in [1.54, 1.807) is 24.3 Å². The van der Waals surface area contributed by atoms with Crippen molar-refractivity contribution in [3.05, 3.63) is 42.5 Å². The first-order valence-corrected chi connectivity index (χ1v) is 9.29. The van der Waals surface area contributed by atoms with Crippen molar-refractivity contribution in [1.29, 1.82) is 0 Å². The molecule has 0 unspecified atom stereocenters. The molecule has 2 aromatic carbocycles. The van der Waals surface area contributed by atoms with E-state index in [0.717, 1.165) is 0 Å². The average molecular weight is 381 g/mol. The Bertz CT molecular complexity index is 852. The third-order valence-corrected chi connectivity index (χ3v) is 4.83. The molecular weight excluding hydrogens is 362 g/mol. The van der Waals surface area contributed by atoms with Crippen molar-refractivity contribution >= 4 is 38.7 Å². The molecule has 0 radical (unpaired) electrons. The Hall–Kier alpha value is -2.52. The number of benzene rings is 2. The van der Waals surface area contributed by atoms with Gasteiger partial charge in [-0.2, -0.15) is 0 Å². The van der Waals surface area contributed by atoms with Crippen molar-refractivity contribution in [2.24, 2.45) is 0 Å². The molecule has 0 bridgehead atoms. The SMILES string of the molecule is CCNC(=S)Nc1cc(S(=O)(=O)Nc2ccc(OC)cc2)ccc1O. The second kappa shape index (κ2) is 8.04. The number of phenols is 1. The highest BCUT2D eigenvalue weighted by molar-refractivity contribution is 7.92. The largest absolute Gasteiger partial charge is 0.506 e. The second-order valence-corrected chi connectivity index (χ2v) is 7.09. The molecule has 0 fully saturated rings. The number of rotatable bonds is 6. The van der Waals surface area contributed by atoms with Crippen molar-refractivity contribution in [1.82, 2.24) is 5.32 Å². The van der Waals surface area contributed by atoms with Gasteiger partial charge in [-0.3, -0.25) is 4.72 Å². The highest BCUT2D eigenvalue weighted by Gasteiger charge is 2.17. The standard InChI is InChI=1S/C16H19N3O4S2/c1-3-17-16(24)18-14-10-13(8-9-15(14)20)25(21,22)19-11-4-6-12(23-2)7-5-11/h4-10,19-20H,3H2,1-2H3,(H2,17,18,24). The highest BCUT2D eigenvalue weighted by Crippen LogP contribution is 2.27. The van der Waals surface area contributed by atoms with E-state index < -0.39 is 10.0 Å². The summed E-state index contributed by atoms with van der Waals surface area (Å²) in [5.41, 5.74) is 0.593. The lowest BCUT2D eigenvalue weighted by atomic mass is 10.3. The third kappa shape index (κ3) is 4.97. The predicted octanol–water partition coefficient (Wildman–Crippen LogP) is 2.51. The summed E-state index contributed by atoms with van der Waals surface area (Å²) in [6, 6.07) is 10.4. The Kier molecular flexibility index (Phi) is 6.05. The second-order valence-electron chi connectivity index (χ2n) is 5.00. The Labute approximate surface area is 152 Å². The molecule has 0 aliphatic heterocycles. The van der Waals surface area contributed by atoms with Gasteiger partial charge in [-0.15, -0.1) is 0 Å². The summed E-state index contributed by atoms with van der Waals surface area (Å²) in [5.74, 6) is 0.514. The molecule has 0 atom stereocenters. The lowest BCUT2D eigenvalue weighted by Gasteiger charge is -2.13. The fourth-order valence-electron chi connectivity index (χ4n) is 1.98. The number of thiocarbonyl (C=S) groups is 1. The van der Waals surface area contributed by atoms with Gasteiger partial charge in [-0.05, 0) is 61.6 Å². The molecule has 0 saturated heterocycles. The molecule has 0 saturated carbocycles. The van der Waals surface area contributed by atoms with Crippen LogP contribution in [-0.4, -0.2) is 32.3 Å². The fourth-order valence-corrected chi connectivity index (χ4v) is 3.32. The van der Waals surface area contributed by atoms with Gasteiger partial charge in [0.05, 0.1) is 17.7 Å². The lowest BCUT2D eigenvalue weighted by molar-refractivity contribution is 0.415. The first-order valence-electron chi connectivity index (χ1n) is 7.40. The number of nitrogens with one attached hydrogen (secondary N) is 3. The van der Waals surface area contributed by atoms with Crippen LogP contribution in [0.1, 0.15) is 6.92 Å². The lowest BCUT2D eigenvalue weighted by Crippen LogP contribution is -2.28. The Morgan fingerprint density at radius 2 is 1.88 bits per heavy atom. The van der Waals surface area contributed by atoms with E-state index >= 15 is 0 Å². The van der Waals surface area contributed by atoms with Gasteiger partial charge in [0.1, 0.15) is 11.5 Å². The van der Waals surface area contributed by atoms with Crippen LogP contribution in [0, 0.1) is 0 Å². The number of hydrogen-bond acceptors (Lipinski definition) is 5. The van der Waals surface area contributed by atoms with Crippen LogP contribution in [0.4, 0.5) is 11.4 Å². The summed E-state index contributed by atoms with van der Waals surface area (Å²) in [5, 5.41) is 15.8. The third-order valence-electron chi connectivity index (χ3n) is 3.21. The van der Waals surface area contributed by atoms with Gasteiger partial charge in [0.15, 0.2) is 5.11 Å². The Balaban J connectivity index is 2.24. The van der Waals surface area contributed by atoms with E-state index in [1.165, 1.54) is 25.3 Å². The number of aromatic hydroxyl groups is 1. The quantitative estimate of drug-likeness (QED) is 0.451. The van der Waals surface area contributed by atoms with Gasteiger partial charge < -0.3 is 20.5 Å². The van der Waals surface area contributed by atoms with Crippen LogP contribution in [-0.2, 0) is 10.0 Å². The zero-order chi connectivity index (χ0) is 18.4. The maximum atomic E-state index is 12.5. The minimum atomic E-state index is -3.83. The molecule has 2 aromatic rings. The minimum absolute atomic E-state index is 0.0112. The monoisotopic (exact) mass is 381 g/mol. The molecular formula is C16H19N3O4S2. The fraction of sp³-hybridized carbons (Fsp3) is 0.188. The maximum absolute atomic E-state index is 12.5. The Morgan fingerprint density at radius 3 is 2.48 bits per heavy atom. The van der Waals surface area contributed by atoms with Crippen molar-refractivity contribution in [3.63, 3.8) is 0 Å². The van der Waals surface area contributed by atoms with Gasteiger partial charge >= 0.3 is 0 Å². The topological polar surface area (TPSA) is 99.7 Å². The summed E-state index contributed by atoms with van der Waals surface area (Å²) in [6.45, 7) is 2.47. The van der Waals surface area contributed by atoms with Gasteiger partial charge in [0, 0.05) is 12.2 Å². The summed E-state index contributed by atoms with van der Waals surface area (Å²) < 4.78 is 32.6.